The van der Waals surface area contributed by atoms with E-state index in [1.54, 1.807) is 0 Å². The third-order valence-corrected chi connectivity index (χ3v) is 3.91. The van der Waals surface area contributed by atoms with E-state index in [0.717, 1.165) is 30.4 Å². The fourth-order valence-electron chi connectivity index (χ4n) is 2.86. The van der Waals surface area contributed by atoms with Gasteiger partial charge in [0.2, 0.25) is 0 Å². The molecule has 2 rings (SSSR count). The van der Waals surface area contributed by atoms with Crippen LogP contribution in [0.25, 0.3) is 0 Å². The Morgan fingerprint density at radius 1 is 1.44 bits per heavy atom. The smallest absolute Gasteiger partial charge is 0.150 e. The minimum absolute atomic E-state index is 0.351. The summed E-state index contributed by atoms with van der Waals surface area (Å²) < 4.78 is 6.12. The number of benzene rings is 1. The fourth-order valence-corrected chi connectivity index (χ4v) is 2.86. The number of aldehydes is 1. The van der Waals surface area contributed by atoms with Gasteiger partial charge in [0.25, 0.3) is 0 Å². The highest BCUT2D eigenvalue weighted by Crippen LogP contribution is 2.33. The summed E-state index contributed by atoms with van der Waals surface area (Å²) in [5.41, 5.74) is 1.93. The van der Waals surface area contributed by atoms with Crippen molar-refractivity contribution in [3.8, 4) is 5.75 Å². The molecule has 0 aliphatic carbocycles. The van der Waals surface area contributed by atoms with Crippen molar-refractivity contribution >= 4 is 6.29 Å². The van der Waals surface area contributed by atoms with Gasteiger partial charge in [0.1, 0.15) is 18.1 Å². The molecule has 1 aliphatic heterocycles. The van der Waals surface area contributed by atoms with Gasteiger partial charge in [-0.05, 0) is 55.4 Å². The molecule has 0 amide bonds. The molecule has 2 atom stereocenters. The van der Waals surface area contributed by atoms with Crippen LogP contribution < -0.4 is 4.74 Å². The van der Waals surface area contributed by atoms with E-state index in [1.807, 2.05) is 18.2 Å². The van der Waals surface area contributed by atoms with Gasteiger partial charge in [-0.2, -0.15) is 0 Å². The van der Waals surface area contributed by atoms with E-state index in [9.17, 15) is 4.79 Å². The second-order valence-electron chi connectivity index (χ2n) is 5.14. The molecule has 1 heterocycles. The Kier molecular flexibility index (Phi) is 4.40. The van der Waals surface area contributed by atoms with Crippen LogP contribution in [0.5, 0.6) is 5.75 Å². The summed E-state index contributed by atoms with van der Waals surface area (Å²) in [6.07, 6.45) is 7.00. The van der Waals surface area contributed by atoms with Gasteiger partial charge < -0.3 is 4.74 Å². The molecule has 0 aromatic heterocycles. The lowest BCUT2D eigenvalue weighted by atomic mass is 9.88. The fraction of sp³-hybridized carbons (Fsp3) is 0.562. The maximum atomic E-state index is 10.8. The molecule has 1 aromatic rings. The summed E-state index contributed by atoms with van der Waals surface area (Å²) in [6, 6.07) is 5.75. The van der Waals surface area contributed by atoms with Gasteiger partial charge in [0, 0.05) is 5.56 Å². The van der Waals surface area contributed by atoms with E-state index >= 15 is 0 Å². The van der Waals surface area contributed by atoms with Gasteiger partial charge in [-0.3, -0.25) is 4.79 Å². The highest BCUT2D eigenvalue weighted by atomic mass is 16.5. The Morgan fingerprint density at radius 3 is 2.94 bits per heavy atom. The van der Waals surface area contributed by atoms with Crippen molar-refractivity contribution in [3.63, 3.8) is 0 Å². The second-order valence-corrected chi connectivity index (χ2v) is 5.14. The lowest BCUT2D eigenvalue weighted by Gasteiger charge is -2.32. The number of rotatable bonds is 5. The van der Waals surface area contributed by atoms with Crippen molar-refractivity contribution in [2.45, 2.75) is 52.1 Å². The monoisotopic (exact) mass is 246 g/mol. The van der Waals surface area contributed by atoms with Crippen LogP contribution in [0, 0.1) is 5.92 Å². The molecule has 0 saturated heterocycles. The number of hydrogen-bond acceptors (Lipinski definition) is 2. The summed E-state index contributed by atoms with van der Waals surface area (Å²) in [4.78, 5) is 10.8. The highest BCUT2D eigenvalue weighted by Gasteiger charge is 2.26. The summed E-state index contributed by atoms with van der Waals surface area (Å²) in [6.45, 7) is 4.48. The molecule has 0 bridgehead atoms. The Bertz CT molecular complexity index is 412. The maximum absolute atomic E-state index is 10.8. The molecule has 0 N–H and O–H groups in total. The summed E-state index contributed by atoms with van der Waals surface area (Å²) in [7, 11) is 0. The first kappa shape index (κ1) is 13.1. The average molecular weight is 246 g/mol. The minimum Gasteiger partial charge on any atom is -0.490 e. The van der Waals surface area contributed by atoms with Crippen LogP contribution in [0.15, 0.2) is 18.2 Å². The molecule has 98 valence electrons. The molecule has 0 saturated carbocycles. The SMILES string of the molecule is CCCC(CC)C1CCc2cc(C=O)ccc2O1. The van der Waals surface area contributed by atoms with Crippen LogP contribution in [0.4, 0.5) is 0 Å². The molecule has 2 nitrogen and oxygen atoms in total. The van der Waals surface area contributed by atoms with Gasteiger partial charge in [0.05, 0.1) is 0 Å². The van der Waals surface area contributed by atoms with Gasteiger partial charge in [-0.1, -0.05) is 20.3 Å². The van der Waals surface area contributed by atoms with Crippen molar-refractivity contribution in [3.05, 3.63) is 29.3 Å². The summed E-state index contributed by atoms with van der Waals surface area (Å²) in [5, 5.41) is 0. The van der Waals surface area contributed by atoms with Crippen molar-refractivity contribution < 1.29 is 9.53 Å². The lowest BCUT2D eigenvalue weighted by molar-refractivity contribution is 0.102. The first-order chi connectivity index (χ1) is 8.78. The van der Waals surface area contributed by atoms with Gasteiger partial charge in [-0.15, -0.1) is 0 Å². The summed E-state index contributed by atoms with van der Waals surface area (Å²) in [5.74, 6) is 1.64. The third-order valence-electron chi connectivity index (χ3n) is 3.91. The quantitative estimate of drug-likeness (QED) is 0.733. The van der Waals surface area contributed by atoms with E-state index in [-0.39, 0.29) is 0 Å². The van der Waals surface area contributed by atoms with Crippen LogP contribution in [0.1, 0.15) is 55.5 Å². The minimum atomic E-state index is 0.351. The summed E-state index contributed by atoms with van der Waals surface area (Å²) >= 11 is 0. The number of carbonyl (C=O) groups is 1. The molecular formula is C16H22O2. The molecule has 18 heavy (non-hydrogen) atoms. The predicted octanol–water partition coefficient (Wildman–Crippen LogP) is 4.02. The average Bonchev–Trinajstić information content (AvgIpc) is 2.43. The Labute approximate surface area is 109 Å². The van der Waals surface area contributed by atoms with Crippen LogP contribution in [0.3, 0.4) is 0 Å². The number of fused-ring (bicyclic) bond motifs is 1. The second kappa shape index (κ2) is 6.03. The van der Waals surface area contributed by atoms with Gasteiger partial charge in [-0.25, -0.2) is 0 Å². The van der Waals surface area contributed by atoms with E-state index in [2.05, 4.69) is 13.8 Å². The van der Waals surface area contributed by atoms with E-state index in [4.69, 9.17) is 4.74 Å². The molecule has 2 unspecified atom stereocenters. The zero-order valence-electron chi connectivity index (χ0n) is 11.3. The first-order valence-corrected chi connectivity index (χ1v) is 7.03. The number of aryl methyl sites for hydroxylation is 1. The third kappa shape index (κ3) is 2.74. The molecule has 0 radical (unpaired) electrons. The van der Waals surface area contributed by atoms with Crippen LogP contribution >= 0.6 is 0 Å². The van der Waals surface area contributed by atoms with E-state index in [0.29, 0.717) is 12.0 Å². The maximum Gasteiger partial charge on any atom is 0.150 e. The van der Waals surface area contributed by atoms with Crippen LogP contribution in [-0.4, -0.2) is 12.4 Å². The number of carbonyl (C=O) groups excluding carboxylic acids is 1. The first-order valence-electron chi connectivity index (χ1n) is 7.03. The largest absolute Gasteiger partial charge is 0.490 e. The van der Waals surface area contributed by atoms with Crippen molar-refractivity contribution in [1.29, 1.82) is 0 Å². The Hall–Kier alpha value is -1.31. The van der Waals surface area contributed by atoms with Gasteiger partial charge in [0.15, 0.2) is 0 Å². The Balaban J connectivity index is 2.12. The highest BCUT2D eigenvalue weighted by molar-refractivity contribution is 5.75. The van der Waals surface area contributed by atoms with Crippen molar-refractivity contribution in [1.82, 2.24) is 0 Å². The van der Waals surface area contributed by atoms with Crippen LogP contribution in [0.2, 0.25) is 0 Å². The van der Waals surface area contributed by atoms with Crippen molar-refractivity contribution in [2.24, 2.45) is 5.92 Å². The molecule has 0 spiro atoms. The zero-order chi connectivity index (χ0) is 13.0. The topological polar surface area (TPSA) is 26.3 Å². The molecule has 1 aromatic carbocycles. The van der Waals surface area contributed by atoms with E-state index in [1.165, 1.54) is 24.8 Å². The van der Waals surface area contributed by atoms with E-state index < -0.39 is 0 Å². The van der Waals surface area contributed by atoms with Gasteiger partial charge >= 0.3 is 0 Å². The molecule has 2 heteroatoms. The number of hydrogen-bond donors (Lipinski definition) is 0. The zero-order valence-corrected chi connectivity index (χ0v) is 11.3. The van der Waals surface area contributed by atoms with Crippen molar-refractivity contribution in [2.75, 3.05) is 0 Å². The molecule has 0 fully saturated rings. The standard InChI is InChI=1S/C16H22O2/c1-3-5-13(4-2)15-9-7-14-10-12(11-17)6-8-16(14)18-15/h6,8,10-11,13,15H,3-5,7,9H2,1-2H3. The Morgan fingerprint density at radius 2 is 2.28 bits per heavy atom. The number of ether oxygens (including phenoxy) is 1. The molecule has 1 aliphatic rings. The molecular weight excluding hydrogens is 224 g/mol. The van der Waals surface area contributed by atoms with Crippen LogP contribution in [-0.2, 0) is 6.42 Å². The predicted molar refractivity (Wildman–Crippen MR) is 73.3 cm³/mol. The normalized spacial score (nSPS) is 19.8. The lowest BCUT2D eigenvalue weighted by Crippen LogP contribution is -2.30.